The van der Waals surface area contributed by atoms with Gasteiger partial charge in [0.2, 0.25) is 0 Å². The van der Waals surface area contributed by atoms with Crippen molar-refractivity contribution in [3.63, 3.8) is 0 Å². The highest BCUT2D eigenvalue weighted by molar-refractivity contribution is 6.32. The summed E-state index contributed by atoms with van der Waals surface area (Å²) in [6, 6.07) is 12.7. The van der Waals surface area contributed by atoms with Gasteiger partial charge < -0.3 is 15.2 Å². The Morgan fingerprint density at radius 3 is 2.55 bits per heavy atom. The normalized spacial score (nSPS) is 10.3. The van der Waals surface area contributed by atoms with Gasteiger partial charge in [0.05, 0.1) is 11.6 Å². The summed E-state index contributed by atoms with van der Waals surface area (Å²) in [4.78, 5) is 0. The summed E-state index contributed by atoms with van der Waals surface area (Å²) >= 11 is 6.18. The molecule has 0 bridgehead atoms. The van der Waals surface area contributed by atoms with Crippen molar-refractivity contribution in [2.45, 2.75) is 19.9 Å². The maximum Gasteiger partial charge on any atom is 0.137 e. The largest absolute Gasteiger partial charge is 0.508 e. The predicted molar refractivity (Wildman–Crippen MR) is 82.7 cm³/mol. The number of phenolic OH excluding ortho intramolecular Hbond substituents is 1. The van der Waals surface area contributed by atoms with E-state index < -0.39 is 0 Å². The highest BCUT2D eigenvalue weighted by Crippen LogP contribution is 2.26. The van der Waals surface area contributed by atoms with Gasteiger partial charge in [0.25, 0.3) is 0 Å². The molecule has 0 fully saturated rings. The summed E-state index contributed by atoms with van der Waals surface area (Å²) in [6.07, 6.45) is 0.959. The lowest BCUT2D eigenvalue weighted by molar-refractivity contribution is 0.317. The van der Waals surface area contributed by atoms with Crippen LogP contribution in [0.4, 0.5) is 5.69 Å². The molecular formula is C16H18ClNO2. The minimum absolute atomic E-state index is 0.260. The summed E-state index contributed by atoms with van der Waals surface area (Å²) in [5.74, 6) is 0.984. The van der Waals surface area contributed by atoms with E-state index in [4.69, 9.17) is 16.3 Å². The van der Waals surface area contributed by atoms with Gasteiger partial charge in [-0.25, -0.2) is 0 Å². The lowest BCUT2D eigenvalue weighted by Gasteiger charge is -2.10. The quantitative estimate of drug-likeness (QED) is 0.773. The van der Waals surface area contributed by atoms with Crippen LogP contribution in [0.1, 0.15) is 18.9 Å². The van der Waals surface area contributed by atoms with Crippen molar-refractivity contribution < 1.29 is 9.84 Å². The van der Waals surface area contributed by atoms with E-state index in [1.165, 1.54) is 0 Å². The zero-order valence-corrected chi connectivity index (χ0v) is 12.2. The van der Waals surface area contributed by atoms with Gasteiger partial charge in [-0.15, -0.1) is 0 Å². The van der Waals surface area contributed by atoms with Gasteiger partial charge in [0, 0.05) is 12.2 Å². The number of nitrogens with one attached hydrogen (secondary N) is 1. The number of hydrogen-bond acceptors (Lipinski definition) is 3. The molecule has 0 unspecified atom stereocenters. The Labute approximate surface area is 124 Å². The number of rotatable bonds is 6. The number of anilines is 1. The second kappa shape index (κ2) is 7.06. The van der Waals surface area contributed by atoms with E-state index in [0.717, 1.165) is 23.4 Å². The van der Waals surface area contributed by atoms with Crippen molar-refractivity contribution in [3.8, 4) is 11.5 Å². The Hall–Kier alpha value is -1.87. The van der Waals surface area contributed by atoms with Gasteiger partial charge in [0.15, 0.2) is 0 Å². The molecule has 2 rings (SSSR count). The minimum atomic E-state index is 0.260. The Morgan fingerprint density at radius 2 is 1.90 bits per heavy atom. The second-order valence-corrected chi connectivity index (χ2v) is 4.92. The van der Waals surface area contributed by atoms with E-state index in [1.54, 1.807) is 12.1 Å². The van der Waals surface area contributed by atoms with Gasteiger partial charge in [-0.2, -0.15) is 0 Å². The number of aromatic hydroxyl groups is 1. The van der Waals surface area contributed by atoms with Crippen molar-refractivity contribution in [1.82, 2.24) is 0 Å². The van der Waals surface area contributed by atoms with Crippen molar-refractivity contribution >= 4 is 17.3 Å². The Morgan fingerprint density at radius 1 is 1.15 bits per heavy atom. The van der Waals surface area contributed by atoms with E-state index in [1.807, 2.05) is 30.3 Å². The van der Waals surface area contributed by atoms with Gasteiger partial charge in [-0.05, 0) is 48.4 Å². The summed E-state index contributed by atoms with van der Waals surface area (Å²) in [7, 11) is 0. The van der Waals surface area contributed by atoms with E-state index >= 15 is 0 Å². The predicted octanol–water partition coefficient (Wildman–Crippen LogP) is 4.45. The third kappa shape index (κ3) is 4.07. The SMILES string of the molecule is CCCOc1ccc(CNc2ccc(O)cc2)cc1Cl. The molecule has 0 spiro atoms. The maximum absolute atomic E-state index is 9.22. The molecule has 0 aliphatic rings. The third-order valence-corrected chi connectivity index (χ3v) is 3.12. The van der Waals surface area contributed by atoms with Crippen LogP contribution in [0.25, 0.3) is 0 Å². The first-order chi connectivity index (χ1) is 9.69. The van der Waals surface area contributed by atoms with E-state index in [0.29, 0.717) is 18.2 Å². The number of ether oxygens (including phenoxy) is 1. The molecule has 0 amide bonds. The van der Waals surface area contributed by atoms with Gasteiger partial charge in [-0.3, -0.25) is 0 Å². The fourth-order valence-corrected chi connectivity index (χ4v) is 2.02. The summed E-state index contributed by atoms with van der Waals surface area (Å²) < 4.78 is 5.54. The van der Waals surface area contributed by atoms with Crippen LogP contribution >= 0.6 is 11.6 Å². The molecule has 0 saturated heterocycles. The number of benzene rings is 2. The highest BCUT2D eigenvalue weighted by atomic mass is 35.5. The molecule has 106 valence electrons. The van der Waals surface area contributed by atoms with Crippen LogP contribution in [0.3, 0.4) is 0 Å². The second-order valence-electron chi connectivity index (χ2n) is 4.51. The molecule has 2 N–H and O–H groups in total. The Balaban J connectivity index is 1.96. The first-order valence-corrected chi connectivity index (χ1v) is 7.01. The lowest BCUT2D eigenvalue weighted by atomic mass is 10.2. The fourth-order valence-electron chi connectivity index (χ4n) is 1.77. The van der Waals surface area contributed by atoms with E-state index in [-0.39, 0.29) is 5.75 Å². The molecule has 2 aromatic carbocycles. The van der Waals surface area contributed by atoms with Crippen molar-refractivity contribution in [1.29, 1.82) is 0 Å². The summed E-state index contributed by atoms with van der Waals surface area (Å²) in [5.41, 5.74) is 2.03. The van der Waals surface area contributed by atoms with E-state index in [9.17, 15) is 5.11 Å². The van der Waals surface area contributed by atoms with Crippen LogP contribution in [-0.2, 0) is 6.54 Å². The average Bonchev–Trinajstić information content (AvgIpc) is 2.46. The zero-order valence-electron chi connectivity index (χ0n) is 11.4. The molecule has 0 aliphatic heterocycles. The van der Waals surface area contributed by atoms with Crippen LogP contribution in [-0.4, -0.2) is 11.7 Å². The molecular weight excluding hydrogens is 274 g/mol. The standard InChI is InChI=1S/C16H18ClNO2/c1-2-9-20-16-8-3-12(10-15(16)17)11-18-13-4-6-14(19)7-5-13/h3-8,10,18-19H,2,9,11H2,1H3. The first kappa shape index (κ1) is 14.5. The Kier molecular flexibility index (Phi) is 5.13. The topological polar surface area (TPSA) is 41.5 Å². The van der Waals surface area contributed by atoms with Crippen LogP contribution in [0.2, 0.25) is 5.02 Å². The summed E-state index contributed by atoms with van der Waals surface area (Å²) in [5, 5.41) is 13.1. The maximum atomic E-state index is 9.22. The monoisotopic (exact) mass is 291 g/mol. The average molecular weight is 292 g/mol. The first-order valence-electron chi connectivity index (χ1n) is 6.63. The molecule has 4 heteroatoms. The molecule has 3 nitrogen and oxygen atoms in total. The minimum Gasteiger partial charge on any atom is -0.508 e. The third-order valence-electron chi connectivity index (χ3n) is 2.82. The molecule has 0 radical (unpaired) electrons. The van der Waals surface area contributed by atoms with Crippen LogP contribution < -0.4 is 10.1 Å². The molecule has 0 saturated carbocycles. The Bertz CT molecular complexity index is 555. The number of halogens is 1. The van der Waals surface area contributed by atoms with Crippen molar-refractivity contribution in [3.05, 3.63) is 53.1 Å². The molecule has 2 aromatic rings. The van der Waals surface area contributed by atoms with E-state index in [2.05, 4.69) is 12.2 Å². The van der Waals surface area contributed by atoms with Crippen LogP contribution in [0, 0.1) is 0 Å². The molecule has 0 atom stereocenters. The number of hydrogen-bond donors (Lipinski definition) is 2. The van der Waals surface area contributed by atoms with Crippen molar-refractivity contribution in [2.24, 2.45) is 0 Å². The van der Waals surface area contributed by atoms with Gasteiger partial charge in [0.1, 0.15) is 11.5 Å². The number of phenols is 1. The summed E-state index contributed by atoms with van der Waals surface area (Å²) in [6.45, 7) is 3.40. The van der Waals surface area contributed by atoms with Gasteiger partial charge >= 0.3 is 0 Å². The molecule has 0 aliphatic carbocycles. The molecule has 20 heavy (non-hydrogen) atoms. The smallest absolute Gasteiger partial charge is 0.137 e. The van der Waals surface area contributed by atoms with Crippen molar-refractivity contribution in [2.75, 3.05) is 11.9 Å². The fraction of sp³-hybridized carbons (Fsp3) is 0.250. The lowest BCUT2D eigenvalue weighted by Crippen LogP contribution is -2.00. The van der Waals surface area contributed by atoms with Gasteiger partial charge in [-0.1, -0.05) is 24.6 Å². The molecule has 0 aromatic heterocycles. The zero-order chi connectivity index (χ0) is 14.4. The van der Waals surface area contributed by atoms with Crippen LogP contribution in [0.5, 0.6) is 11.5 Å². The molecule has 0 heterocycles. The van der Waals surface area contributed by atoms with Crippen LogP contribution in [0.15, 0.2) is 42.5 Å². The highest BCUT2D eigenvalue weighted by Gasteiger charge is 2.03.